The van der Waals surface area contributed by atoms with E-state index >= 15 is 14.0 Å². The van der Waals surface area contributed by atoms with Gasteiger partial charge in [-0.1, -0.05) is 18.1 Å². The van der Waals surface area contributed by atoms with Gasteiger partial charge in [0.25, 0.3) is 11.5 Å². The molecule has 0 bridgehead atoms. The summed E-state index contributed by atoms with van der Waals surface area (Å²) in [5.41, 5.74) is 6.24. The predicted molar refractivity (Wildman–Crippen MR) is 246 cm³/mol. The Kier molecular flexibility index (Phi) is 9.35. The van der Waals surface area contributed by atoms with Crippen LogP contribution in [0.4, 0.5) is 4.39 Å². The number of amides is 1. The molecular formula is C50H51FN10O5. The molecule has 1 amide bonds. The minimum atomic E-state index is -0.836. The lowest BCUT2D eigenvalue weighted by Crippen LogP contribution is -2.41. The SMILES string of the molecule is Cc1cc(-n2nc3c(c2-c2cnc(C)n(-c4ccc5c(cnn5C)c4)c2=O)[C@H](C)N(C(=O)c2cc4cc([C@H]5CCOC(C)(C)C5)ccc4n2[C@@]2(c4noc(=O)[nH]4)C[C@@H]2C)CC3)cc(C)c1F. The van der Waals surface area contributed by atoms with Gasteiger partial charge in [-0.15, -0.1) is 0 Å². The molecule has 0 spiro atoms. The van der Waals surface area contributed by atoms with E-state index in [-0.39, 0.29) is 40.3 Å². The Hall–Kier alpha value is -6.94. The molecule has 1 saturated carbocycles. The third-order valence-corrected chi connectivity index (χ3v) is 14.5. The molecule has 1 saturated heterocycles. The van der Waals surface area contributed by atoms with E-state index in [0.717, 1.165) is 40.3 Å². The summed E-state index contributed by atoms with van der Waals surface area (Å²) in [6.07, 6.45) is 6.11. The van der Waals surface area contributed by atoms with Crippen molar-refractivity contribution in [3.63, 3.8) is 0 Å². The fraction of sp³-hybridized carbons (Fsp3) is 0.380. The number of nitrogens with one attached hydrogen (secondary N) is 1. The Morgan fingerprint density at radius 1 is 0.924 bits per heavy atom. The number of rotatable bonds is 7. The van der Waals surface area contributed by atoms with Crippen LogP contribution in [0.25, 0.3) is 44.4 Å². The number of aryl methyl sites for hydroxylation is 4. The summed E-state index contributed by atoms with van der Waals surface area (Å²) in [6, 6.07) is 17.0. The van der Waals surface area contributed by atoms with Crippen LogP contribution >= 0.6 is 0 Å². The summed E-state index contributed by atoms with van der Waals surface area (Å²) < 4.78 is 33.5. The van der Waals surface area contributed by atoms with Gasteiger partial charge in [0.1, 0.15) is 22.9 Å². The molecule has 1 aliphatic carbocycles. The number of benzene rings is 3. The third kappa shape index (κ3) is 6.35. The summed E-state index contributed by atoms with van der Waals surface area (Å²) in [7, 11) is 1.87. The van der Waals surface area contributed by atoms with E-state index in [2.05, 4.69) is 58.8 Å². The third-order valence-electron chi connectivity index (χ3n) is 14.5. The molecule has 338 valence electrons. The molecule has 11 rings (SSSR count). The predicted octanol–water partition coefficient (Wildman–Crippen LogP) is 7.88. The smallest absolute Gasteiger partial charge is 0.376 e. The quantitative estimate of drug-likeness (QED) is 0.168. The van der Waals surface area contributed by atoms with Gasteiger partial charge in [0.15, 0.2) is 5.82 Å². The normalized spacial score (nSPS) is 21.5. The molecule has 0 unspecified atom stereocenters. The van der Waals surface area contributed by atoms with Crippen LogP contribution in [0.5, 0.6) is 0 Å². The number of carbonyl (C=O) groups is 1. The van der Waals surface area contributed by atoms with Crippen molar-refractivity contribution >= 4 is 27.7 Å². The van der Waals surface area contributed by atoms with Crippen molar-refractivity contribution in [2.75, 3.05) is 13.2 Å². The van der Waals surface area contributed by atoms with Crippen LogP contribution in [0.2, 0.25) is 0 Å². The van der Waals surface area contributed by atoms with Gasteiger partial charge in [-0.3, -0.25) is 28.3 Å². The van der Waals surface area contributed by atoms with Crippen LogP contribution in [0.1, 0.15) is 109 Å². The fourth-order valence-corrected chi connectivity index (χ4v) is 11.0. The van der Waals surface area contributed by atoms with Gasteiger partial charge in [-0.2, -0.15) is 10.2 Å². The Bertz CT molecular complexity index is 3420. The van der Waals surface area contributed by atoms with Gasteiger partial charge in [-0.25, -0.2) is 18.9 Å². The van der Waals surface area contributed by atoms with E-state index in [0.29, 0.717) is 77.1 Å². The van der Waals surface area contributed by atoms with Crippen LogP contribution in [-0.2, 0) is 23.7 Å². The number of hydrogen-bond donors (Lipinski definition) is 1. The lowest BCUT2D eigenvalue weighted by Gasteiger charge is -2.35. The molecule has 8 aromatic rings. The van der Waals surface area contributed by atoms with Crippen molar-refractivity contribution < 1.29 is 18.4 Å². The van der Waals surface area contributed by atoms with Crippen molar-refractivity contribution in [2.24, 2.45) is 13.0 Å². The zero-order chi connectivity index (χ0) is 46.1. The van der Waals surface area contributed by atoms with Gasteiger partial charge in [0.2, 0.25) is 0 Å². The van der Waals surface area contributed by atoms with E-state index in [9.17, 15) is 4.79 Å². The monoisotopic (exact) mass is 890 g/mol. The molecule has 0 radical (unpaired) electrons. The second-order valence-corrected chi connectivity index (χ2v) is 19.3. The minimum absolute atomic E-state index is 0.0179. The summed E-state index contributed by atoms with van der Waals surface area (Å²) in [4.78, 5) is 52.7. The van der Waals surface area contributed by atoms with Crippen molar-refractivity contribution in [1.82, 2.24) is 48.7 Å². The molecule has 3 aromatic carbocycles. The largest absolute Gasteiger partial charge is 0.438 e. The lowest BCUT2D eigenvalue weighted by molar-refractivity contribution is -0.0592. The lowest BCUT2D eigenvalue weighted by atomic mass is 9.83. The number of fused-ring (bicyclic) bond motifs is 3. The Morgan fingerprint density at radius 3 is 2.39 bits per heavy atom. The number of H-pyrrole nitrogens is 1. The first kappa shape index (κ1) is 41.7. The second-order valence-electron chi connectivity index (χ2n) is 19.3. The Labute approximate surface area is 378 Å². The molecule has 1 N–H and O–H groups in total. The molecule has 7 heterocycles. The standard InChI is InChI=1S/C50H51FN10O5/c1-26-17-36(18-27(2)43(26)51)61-44(37-25-52-30(5)59(45(37)62)35-10-12-39-34(20-35)24-53-57(39)8)42-29(4)58(15-13-38(42)55-61)46(63)41-21-33-19-31(32-14-16-65-49(6,7)23-32)9-11-40(33)60(41)50(22-28(50)3)47-54-48(64)66-56-47/h9-12,17-21,24-25,28-29,32H,13-16,22-23H2,1-8H3,(H,54,56,64)/t28-,29-,32-,50-/m0/s1. The first-order valence-electron chi connectivity index (χ1n) is 22.6. The first-order valence-corrected chi connectivity index (χ1v) is 22.6. The van der Waals surface area contributed by atoms with Gasteiger partial charge in [0.05, 0.1) is 51.7 Å². The van der Waals surface area contributed by atoms with Gasteiger partial charge in [-0.05, 0) is 138 Å². The van der Waals surface area contributed by atoms with Gasteiger partial charge < -0.3 is 14.2 Å². The van der Waals surface area contributed by atoms with Crippen molar-refractivity contribution in [3.05, 3.63) is 139 Å². The molecular weight excluding hydrogens is 840 g/mol. The Balaban J connectivity index is 1.07. The molecule has 2 fully saturated rings. The van der Waals surface area contributed by atoms with E-state index in [1.807, 2.05) is 43.1 Å². The number of nitrogens with zero attached hydrogens (tertiary/aromatic N) is 9. The van der Waals surface area contributed by atoms with E-state index in [4.69, 9.17) is 19.3 Å². The highest BCUT2D eigenvalue weighted by Crippen LogP contribution is 2.56. The molecule has 16 heteroatoms. The molecule has 15 nitrogen and oxygen atoms in total. The van der Waals surface area contributed by atoms with Gasteiger partial charge >= 0.3 is 5.76 Å². The summed E-state index contributed by atoms with van der Waals surface area (Å²) in [5.74, 6) is -0.0435. The molecule has 2 aliphatic heterocycles. The van der Waals surface area contributed by atoms with Crippen molar-refractivity contribution in [2.45, 2.75) is 97.2 Å². The maximum Gasteiger partial charge on any atom is 0.438 e. The van der Waals surface area contributed by atoms with Crippen LogP contribution in [0, 0.1) is 32.5 Å². The molecule has 3 aliphatic rings. The number of halogens is 1. The van der Waals surface area contributed by atoms with Crippen molar-refractivity contribution in [3.8, 4) is 22.6 Å². The van der Waals surface area contributed by atoms with Crippen LogP contribution in [0.15, 0.2) is 81.1 Å². The van der Waals surface area contributed by atoms with Crippen LogP contribution in [-0.4, -0.2) is 73.4 Å². The first-order chi connectivity index (χ1) is 31.5. The highest BCUT2D eigenvalue weighted by molar-refractivity contribution is 6.00. The average Bonchev–Trinajstić information content (AvgIpc) is 3.77. The van der Waals surface area contributed by atoms with Crippen LogP contribution in [0.3, 0.4) is 0 Å². The van der Waals surface area contributed by atoms with E-state index < -0.39 is 17.3 Å². The van der Waals surface area contributed by atoms with Gasteiger partial charge in [0, 0.05) is 54.7 Å². The Morgan fingerprint density at radius 2 is 1.68 bits per heavy atom. The maximum absolute atomic E-state index is 15.6. The number of carbonyl (C=O) groups excluding carboxylic acids is 1. The molecule has 4 atom stereocenters. The molecule has 66 heavy (non-hydrogen) atoms. The molecule has 5 aromatic heterocycles. The fourth-order valence-electron chi connectivity index (χ4n) is 11.0. The number of ether oxygens (including phenoxy) is 1. The zero-order valence-electron chi connectivity index (χ0n) is 38.3. The number of hydrogen-bond acceptors (Lipinski definition) is 9. The van der Waals surface area contributed by atoms with E-state index in [1.54, 1.807) is 59.2 Å². The summed E-state index contributed by atoms with van der Waals surface area (Å²) in [5, 5.41) is 15.5. The number of aromatic nitrogens is 9. The minimum Gasteiger partial charge on any atom is -0.376 e. The highest BCUT2D eigenvalue weighted by Gasteiger charge is 2.59. The van der Waals surface area contributed by atoms with Crippen molar-refractivity contribution in [1.29, 1.82) is 0 Å². The van der Waals surface area contributed by atoms with E-state index in [1.165, 1.54) is 5.56 Å². The highest BCUT2D eigenvalue weighted by atomic mass is 19.1. The number of aromatic amines is 1. The average molecular weight is 891 g/mol. The maximum atomic E-state index is 15.6. The van der Waals surface area contributed by atoms with Crippen LogP contribution < -0.4 is 11.3 Å². The topological polar surface area (TPSA) is 164 Å². The second kappa shape index (κ2) is 14.8. The summed E-state index contributed by atoms with van der Waals surface area (Å²) in [6.45, 7) is 14.5. The zero-order valence-corrected chi connectivity index (χ0v) is 38.3. The summed E-state index contributed by atoms with van der Waals surface area (Å²) >= 11 is 0.